The van der Waals surface area contributed by atoms with Crippen molar-refractivity contribution < 1.29 is 14.1 Å². The molecule has 1 fully saturated rings. The summed E-state index contributed by atoms with van der Waals surface area (Å²) in [5.74, 6) is 0.140. The van der Waals surface area contributed by atoms with Crippen LogP contribution in [0.15, 0.2) is 65.2 Å². The van der Waals surface area contributed by atoms with E-state index in [0.717, 1.165) is 29.7 Å². The summed E-state index contributed by atoms with van der Waals surface area (Å²) < 4.78 is 5.56. The van der Waals surface area contributed by atoms with E-state index < -0.39 is 0 Å². The van der Waals surface area contributed by atoms with Gasteiger partial charge in [0.25, 0.3) is 11.6 Å². The van der Waals surface area contributed by atoms with Gasteiger partial charge in [0.05, 0.1) is 17.4 Å². The number of carbonyl (C=O) groups excluding carboxylic acids is 2. The lowest BCUT2D eigenvalue weighted by Crippen LogP contribution is -2.23. The topological polar surface area (TPSA) is 88.3 Å². The standard InChI is InChI=1S/C26H24N4O3/c1-30(2)22(31)14-16-8-12-19(13-9-16)27-25(32)20-15-21(17-10-11-17)28-26-23(20)24(29-33-26)18-6-4-3-5-7-18/h3-9,12-13,15,17H,10-11,14H2,1-2H3,(H,27,32). The molecule has 4 aromatic rings. The van der Waals surface area contributed by atoms with E-state index in [1.807, 2.05) is 60.7 Å². The van der Waals surface area contributed by atoms with Crippen LogP contribution in [0.3, 0.4) is 0 Å². The predicted octanol–water partition coefficient (Wildman–Crippen LogP) is 4.65. The highest BCUT2D eigenvalue weighted by molar-refractivity contribution is 6.14. The van der Waals surface area contributed by atoms with Gasteiger partial charge in [-0.15, -0.1) is 0 Å². The van der Waals surface area contributed by atoms with Crippen LogP contribution in [0.5, 0.6) is 0 Å². The summed E-state index contributed by atoms with van der Waals surface area (Å²) in [6.45, 7) is 0. The van der Waals surface area contributed by atoms with E-state index in [-0.39, 0.29) is 11.8 Å². The first-order valence-corrected chi connectivity index (χ1v) is 11.0. The van der Waals surface area contributed by atoms with Crippen LogP contribution in [0, 0.1) is 0 Å². The summed E-state index contributed by atoms with van der Waals surface area (Å²) in [7, 11) is 3.47. The number of fused-ring (bicyclic) bond motifs is 1. The van der Waals surface area contributed by atoms with Crippen molar-refractivity contribution in [3.8, 4) is 11.3 Å². The maximum atomic E-state index is 13.4. The number of anilines is 1. The van der Waals surface area contributed by atoms with E-state index in [4.69, 9.17) is 4.52 Å². The summed E-state index contributed by atoms with van der Waals surface area (Å²) in [5, 5.41) is 7.82. The molecule has 166 valence electrons. The first-order chi connectivity index (χ1) is 16.0. The van der Waals surface area contributed by atoms with Gasteiger partial charge in [-0.2, -0.15) is 0 Å². The Morgan fingerprint density at radius 2 is 1.79 bits per heavy atom. The zero-order valence-electron chi connectivity index (χ0n) is 18.5. The van der Waals surface area contributed by atoms with Gasteiger partial charge >= 0.3 is 0 Å². The molecule has 1 aliphatic carbocycles. The van der Waals surface area contributed by atoms with Crippen LogP contribution >= 0.6 is 0 Å². The van der Waals surface area contributed by atoms with Crippen molar-refractivity contribution in [1.82, 2.24) is 15.0 Å². The first-order valence-electron chi connectivity index (χ1n) is 11.0. The van der Waals surface area contributed by atoms with E-state index in [1.165, 1.54) is 0 Å². The van der Waals surface area contributed by atoms with Gasteiger partial charge in [-0.3, -0.25) is 9.59 Å². The largest absolute Gasteiger partial charge is 0.349 e. The molecule has 7 heteroatoms. The summed E-state index contributed by atoms with van der Waals surface area (Å²) in [6.07, 6.45) is 2.44. The molecule has 1 aliphatic rings. The Morgan fingerprint density at radius 1 is 1.06 bits per heavy atom. The average molecular weight is 441 g/mol. The molecule has 1 N–H and O–H groups in total. The van der Waals surface area contributed by atoms with Crippen molar-refractivity contribution in [2.75, 3.05) is 19.4 Å². The van der Waals surface area contributed by atoms with Gasteiger partial charge in [0.2, 0.25) is 5.91 Å². The van der Waals surface area contributed by atoms with Gasteiger partial charge in [-0.1, -0.05) is 47.6 Å². The number of benzene rings is 2. The Kier molecular flexibility index (Phi) is 5.38. The quantitative estimate of drug-likeness (QED) is 0.471. The molecule has 0 atom stereocenters. The minimum absolute atomic E-state index is 0.0273. The Morgan fingerprint density at radius 3 is 2.45 bits per heavy atom. The Labute approximate surface area is 191 Å². The van der Waals surface area contributed by atoms with Crippen LogP contribution in [0.2, 0.25) is 0 Å². The van der Waals surface area contributed by atoms with Gasteiger partial charge in [0.15, 0.2) is 0 Å². The minimum Gasteiger partial charge on any atom is -0.349 e. The molecular formula is C26H24N4O3. The molecule has 2 aromatic heterocycles. The van der Waals surface area contributed by atoms with E-state index in [9.17, 15) is 9.59 Å². The van der Waals surface area contributed by atoms with Crippen LogP contribution < -0.4 is 5.32 Å². The second-order valence-electron chi connectivity index (χ2n) is 8.56. The molecule has 0 radical (unpaired) electrons. The van der Waals surface area contributed by atoms with Gasteiger partial charge in [-0.25, -0.2) is 4.98 Å². The number of nitrogens with one attached hydrogen (secondary N) is 1. The molecule has 2 aromatic carbocycles. The predicted molar refractivity (Wildman–Crippen MR) is 126 cm³/mol. The normalized spacial score (nSPS) is 13.2. The van der Waals surface area contributed by atoms with E-state index in [1.54, 1.807) is 19.0 Å². The molecule has 0 unspecified atom stereocenters. The molecular weight excluding hydrogens is 416 g/mol. The second-order valence-corrected chi connectivity index (χ2v) is 8.56. The van der Waals surface area contributed by atoms with Gasteiger partial charge in [0, 0.05) is 37.0 Å². The summed E-state index contributed by atoms with van der Waals surface area (Å²) >= 11 is 0. The van der Waals surface area contributed by atoms with Crippen LogP contribution in [-0.4, -0.2) is 41.0 Å². The number of rotatable bonds is 6. The number of aromatic nitrogens is 2. The maximum Gasteiger partial charge on any atom is 0.259 e. The van der Waals surface area contributed by atoms with Crippen molar-refractivity contribution in [1.29, 1.82) is 0 Å². The molecule has 33 heavy (non-hydrogen) atoms. The highest BCUT2D eigenvalue weighted by atomic mass is 16.5. The van der Waals surface area contributed by atoms with Gasteiger partial charge in [-0.05, 0) is 36.6 Å². The Bertz CT molecular complexity index is 1320. The lowest BCUT2D eigenvalue weighted by molar-refractivity contribution is -0.127. The Hall–Kier alpha value is -4.00. The molecule has 2 amide bonds. The molecule has 1 saturated carbocycles. The number of pyridine rings is 1. The third-order valence-electron chi connectivity index (χ3n) is 5.82. The maximum absolute atomic E-state index is 13.4. The zero-order chi connectivity index (χ0) is 22.9. The second kappa shape index (κ2) is 8.50. The van der Waals surface area contributed by atoms with E-state index >= 15 is 0 Å². The molecule has 5 rings (SSSR count). The lowest BCUT2D eigenvalue weighted by atomic mass is 10.0. The number of nitrogens with zero attached hydrogens (tertiary/aromatic N) is 3. The SMILES string of the molecule is CN(C)C(=O)Cc1ccc(NC(=O)c2cc(C3CC3)nc3onc(-c4ccccc4)c23)cc1. The number of hydrogen-bond acceptors (Lipinski definition) is 5. The fourth-order valence-corrected chi connectivity index (χ4v) is 3.77. The summed E-state index contributed by atoms with van der Waals surface area (Å²) in [5.41, 5.74) is 4.73. The molecule has 2 heterocycles. The zero-order valence-corrected chi connectivity index (χ0v) is 18.5. The fraction of sp³-hybridized carbons (Fsp3) is 0.231. The van der Waals surface area contributed by atoms with E-state index in [2.05, 4.69) is 15.5 Å². The molecule has 0 spiro atoms. The number of carbonyl (C=O) groups is 2. The summed E-state index contributed by atoms with van der Waals surface area (Å²) in [6, 6.07) is 18.8. The first kappa shape index (κ1) is 20.9. The molecule has 0 aliphatic heterocycles. The van der Waals surface area contributed by atoms with Crippen molar-refractivity contribution in [2.45, 2.75) is 25.2 Å². The monoisotopic (exact) mass is 440 g/mol. The summed E-state index contributed by atoms with van der Waals surface area (Å²) in [4.78, 5) is 31.5. The fourth-order valence-electron chi connectivity index (χ4n) is 3.77. The van der Waals surface area contributed by atoms with E-state index in [0.29, 0.717) is 40.4 Å². The van der Waals surface area contributed by atoms with Crippen molar-refractivity contribution in [3.63, 3.8) is 0 Å². The van der Waals surface area contributed by atoms with Crippen LogP contribution in [0.1, 0.15) is 40.4 Å². The third kappa shape index (κ3) is 4.35. The highest BCUT2D eigenvalue weighted by Crippen LogP contribution is 2.41. The van der Waals surface area contributed by atoms with Gasteiger partial charge in [0.1, 0.15) is 5.69 Å². The van der Waals surface area contributed by atoms with Crippen molar-refractivity contribution in [3.05, 3.63) is 77.5 Å². The average Bonchev–Trinajstić information content (AvgIpc) is 3.59. The number of hydrogen-bond donors (Lipinski definition) is 1. The smallest absolute Gasteiger partial charge is 0.259 e. The molecule has 7 nitrogen and oxygen atoms in total. The highest BCUT2D eigenvalue weighted by Gasteiger charge is 2.29. The molecule has 0 bridgehead atoms. The third-order valence-corrected chi connectivity index (χ3v) is 5.82. The van der Waals surface area contributed by atoms with Crippen LogP contribution in [0.25, 0.3) is 22.4 Å². The van der Waals surface area contributed by atoms with Crippen molar-refractivity contribution in [2.24, 2.45) is 0 Å². The van der Waals surface area contributed by atoms with Crippen LogP contribution in [-0.2, 0) is 11.2 Å². The van der Waals surface area contributed by atoms with Gasteiger partial charge < -0.3 is 14.7 Å². The van der Waals surface area contributed by atoms with Crippen LogP contribution in [0.4, 0.5) is 5.69 Å². The van der Waals surface area contributed by atoms with Crippen molar-refractivity contribution >= 4 is 28.6 Å². The minimum atomic E-state index is -0.248. The lowest BCUT2D eigenvalue weighted by Gasteiger charge is -2.11. The molecule has 0 saturated heterocycles. The number of amides is 2. The Balaban J connectivity index is 1.47. The number of likely N-dealkylation sites (N-methyl/N-ethyl adjacent to an activating group) is 1.